The molecule has 0 spiro atoms. The highest BCUT2D eigenvalue weighted by Gasteiger charge is 2.16. The van der Waals surface area contributed by atoms with Crippen LogP contribution < -0.4 is 11.1 Å². The fraction of sp³-hybridized carbons (Fsp3) is 0.538. The van der Waals surface area contributed by atoms with Gasteiger partial charge < -0.3 is 11.1 Å². The maximum absolute atomic E-state index is 5.96. The summed E-state index contributed by atoms with van der Waals surface area (Å²) in [7, 11) is 0. The third-order valence-electron chi connectivity index (χ3n) is 2.87. The quantitative estimate of drug-likeness (QED) is 0.753. The molecule has 0 bridgehead atoms. The molecule has 19 heavy (non-hydrogen) atoms. The lowest BCUT2D eigenvalue weighted by molar-refractivity contribution is 0.685. The summed E-state index contributed by atoms with van der Waals surface area (Å²) < 4.78 is 4.24. The van der Waals surface area contributed by atoms with Crippen LogP contribution in [0.2, 0.25) is 0 Å². The molecule has 0 fully saturated rings. The lowest BCUT2D eigenvalue weighted by atomic mass is 10.2. The fourth-order valence-electron chi connectivity index (χ4n) is 1.85. The molecule has 4 nitrogen and oxygen atoms in total. The minimum atomic E-state index is 0.579. The van der Waals surface area contributed by atoms with E-state index in [9.17, 15) is 0 Å². The molecule has 104 valence electrons. The van der Waals surface area contributed by atoms with Gasteiger partial charge in [0.05, 0.1) is 5.56 Å². The molecule has 0 aliphatic carbocycles. The van der Waals surface area contributed by atoms with E-state index in [-0.39, 0.29) is 0 Å². The van der Waals surface area contributed by atoms with Gasteiger partial charge in [-0.25, -0.2) is 4.98 Å². The summed E-state index contributed by atoms with van der Waals surface area (Å²) in [6.07, 6.45) is 5.01. The lowest BCUT2D eigenvalue weighted by Gasteiger charge is -2.05. The Balaban J connectivity index is 2.02. The molecule has 2 aromatic rings. The summed E-state index contributed by atoms with van der Waals surface area (Å²) >= 11 is 3.04. The van der Waals surface area contributed by atoms with Crippen molar-refractivity contribution >= 4 is 33.7 Å². The minimum absolute atomic E-state index is 0.579. The normalized spacial score (nSPS) is 10.8. The lowest BCUT2D eigenvalue weighted by Crippen LogP contribution is -2.01. The Morgan fingerprint density at radius 3 is 2.84 bits per heavy atom. The van der Waals surface area contributed by atoms with Crippen LogP contribution in [0.4, 0.5) is 10.8 Å². The molecule has 0 radical (unpaired) electrons. The predicted octanol–water partition coefficient (Wildman–Crippen LogP) is 4.15. The van der Waals surface area contributed by atoms with Crippen molar-refractivity contribution in [2.75, 3.05) is 17.6 Å². The van der Waals surface area contributed by atoms with Gasteiger partial charge in [0, 0.05) is 17.6 Å². The van der Waals surface area contributed by atoms with Crippen molar-refractivity contribution < 1.29 is 0 Å². The summed E-state index contributed by atoms with van der Waals surface area (Å²) in [6.45, 7) is 5.19. The highest BCUT2D eigenvalue weighted by Crippen LogP contribution is 2.38. The number of rotatable bonds is 7. The third kappa shape index (κ3) is 3.67. The van der Waals surface area contributed by atoms with Crippen LogP contribution in [0, 0.1) is 6.92 Å². The first-order chi connectivity index (χ1) is 9.22. The number of hydrogen-bond acceptors (Lipinski definition) is 6. The van der Waals surface area contributed by atoms with Gasteiger partial charge in [-0.3, -0.25) is 0 Å². The van der Waals surface area contributed by atoms with Crippen LogP contribution in [-0.2, 0) is 0 Å². The van der Waals surface area contributed by atoms with Crippen molar-refractivity contribution in [3.63, 3.8) is 0 Å². The van der Waals surface area contributed by atoms with Gasteiger partial charge in [-0.1, -0.05) is 26.2 Å². The van der Waals surface area contributed by atoms with Crippen LogP contribution in [0.3, 0.4) is 0 Å². The molecule has 6 heteroatoms. The summed E-state index contributed by atoms with van der Waals surface area (Å²) in [5.41, 5.74) is 7.96. The van der Waals surface area contributed by atoms with Crippen molar-refractivity contribution in [2.45, 2.75) is 39.5 Å². The van der Waals surface area contributed by atoms with E-state index in [0.29, 0.717) is 5.82 Å². The molecule has 0 aromatic carbocycles. The first-order valence-electron chi connectivity index (χ1n) is 6.64. The Bertz CT molecular complexity index is 518. The van der Waals surface area contributed by atoms with Crippen LogP contribution in [0.5, 0.6) is 0 Å². The van der Waals surface area contributed by atoms with E-state index in [1.807, 2.05) is 12.3 Å². The Kier molecular flexibility index (Phi) is 5.15. The molecule has 3 N–H and O–H groups in total. The van der Waals surface area contributed by atoms with Gasteiger partial charge in [0.2, 0.25) is 0 Å². The molecule has 0 amide bonds. The first kappa shape index (κ1) is 14.3. The number of nitrogens with two attached hydrogens (primary N) is 1. The number of aryl methyl sites for hydroxylation is 1. The van der Waals surface area contributed by atoms with E-state index in [0.717, 1.165) is 27.8 Å². The monoisotopic (exact) mass is 296 g/mol. The fourth-order valence-corrected chi connectivity index (χ4v) is 3.51. The highest BCUT2D eigenvalue weighted by atomic mass is 32.1. The Morgan fingerprint density at radius 1 is 1.32 bits per heavy atom. The van der Waals surface area contributed by atoms with Gasteiger partial charge in [-0.15, -0.1) is 11.3 Å². The number of unbranched alkanes of at least 4 members (excludes halogenated alkanes) is 3. The second-order valence-electron chi connectivity index (χ2n) is 4.55. The molecular formula is C13H20N4S2. The van der Waals surface area contributed by atoms with Gasteiger partial charge in [0.25, 0.3) is 0 Å². The van der Waals surface area contributed by atoms with Crippen molar-refractivity contribution in [2.24, 2.45) is 0 Å². The Labute approximate surface area is 122 Å². The average molecular weight is 296 g/mol. The van der Waals surface area contributed by atoms with Gasteiger partial charge in [0.15, 0.2) is 0 Å². The van der Waals surface area contributed by atoms with Crippen molar-refractivity contribution in [1.29, 1.82) is 0 Å². The number of nitrogen functional groups attached to an aromatic ring is 1. The maximum atomic E-state index is 5.96. The highest BCUT2D eigenvalue weighted by molar-refractivity contribution is 7.15. The van der Waals surface area contributed by atoms with Crippen molar-refractivity contribution in [3.05, 3.63) is 11.1 Å². The second kappa shape index (κ2) is 6.86. The number of nitrogens with zero attached hydrogens (tertiary/aromatic N) is 2. The zero-order valence-electron chi connectivity index (χ0n) is 11.4. The Morgan fingerprint density at radius 2 is 2.16 bits per heavy atom. The zero-order valence-corrected chi connectivity index (χ0v) is 13.0. The van der Waals surface area contributed by atoms with Crippen LogP contribution in [0.1, 0.15) is 38.3 Å². The first-order valence-corrected chi connectivity index (χ1v) is 8.29. The third-order valence-corrected chi connectivity index (χ3v) is 4.66. The smallest absolute Gasteiger partial charge is 0.149 e. The van der Waals surface area contributed by atoms with Gasteiger partial charge in [0.1, 0.15) is 15.8 Å². The molecule has 2 rings (SSSR count). The standard InChI is InChI=1S/C13H20N4S2/c1-3-4-5-6-7-15-12-10(11(14)17-19-12)13-16-9(2)8-18-13/h8,15H,3-7H2,1-2H3,(H2,14,17). The molecule has 0 unspecified atom stereocenters. The summed E-state index contributed by atoms with van der Waals surface area (Å²) in [5, 5.41) is 7.49. The van der Waals surface area contributed by atoms with E-state index >= 15 is 0 Å². The second-order valence-corrected chi connectivity index (χ2v) is 6.18. The van der Waals surface area contributed by atoms with E-state index in [1.54, 1.807) is 11.3 Å². The minimum Gasteiger partial charge on any atom is -0.382 e. The van der Waals surface area contributed by atoms with Gasteiger partial charge in [-0.2, -0.15) is 4.37 Å². The molecule has 0 aliphatic rings. The summed E-state index contributed by atoms with van der Waals surface area (Å²) in [5.74, 6) is 0.579. The number of thiazole rings is 1. The SMILES string of the molecule is CCCCCCNc1snc(N)c1-c1nc(C)cs1. The van der Waals surface area contributed by atoms with E-state index in [4.69, 9.17) is 5.73 Å². The average Bonchev–Trinajstić information content (AvgIpc) is 2.95. The molecule has 0 saturated heterocycles. The largest absolute Gasteiger partial charge is 0.382 e. The maximum Gasteiger partial charge on any atom is 0.149 e. The van der Waals surface area contributed by atoms with Gasteiger partial charge in [-0.05, 0) is 24.9 Å². The van der Waals surface area contributed by atoms with E-state index in [2.05, 4.69) is 21.6 Å². The number of nitrogens with one attached hydrogen (secondary N) is 1. The zero-order chi connectivity index (χ0) is 13.7. The molecule has 0 aliphatic heterocycles. The van der Waals surface area contributed by atoms with Crippen LogP contribution in [-0.4, -0.2) is 15.9 Å². The van der Waals surface area contributed by atoms with E-state index < -0.39 is 0 Å². The van der Waals surface area contributed by atoms with Crippen molar-refractivity contribution in [3.8, 4) is 10.6 Å². The molecule has 0 saturated carbocycles. The molecule has 2 aromatic heterocycles. The summed E-state index contributed by atoms with van der Waals surface area (Å²) in [4.78, 5) is 4.50. The van der Waals surface area contributed by atoms with Crippen molar-refractivity contribution in [1.82, 2.24) is 9.36 Å². The van der Waals surface area contributed by atoms with Crippen LogP contribution >= 0.6 is 22.9 Å². The van der Waals surface area contributed by atoms with E-state index in [1.165, 1.54) is 37.2 Å². The molecular weight excluding hydrogens is 276 g/mol. The number of hydrogen-bond donors (Lipinski definition) is 2. The topological polar surface area (TPSA) is 63.8 Å². The Hall–Kier alpha value is -1.14. The van der Waals surface area contributed by atoms with Gasteiger partial charge >= 0.3 is 0 Å². The van der Waals surface area contributed by atoms with Crippen LogP contribution in [0.15, 0.2) is 5.38 Å². The molecule has 0 atom stereocenters. The predicted molar refractivity (Wildman–Crippen MR) is 85.0 cm³/mol. The summed E-state index contributed by atoms with van der Waals surface area (Å²) in [6, 6.07) is 0. The number of anilines is 2. The number of aromatic nitrogens is 2. The van der Waals surface area contributed by atoms with Crippen LogP contribution in [0.25, 0.3) is 10.6 Å². The molecule has 2 heterocycles.